The summed E-state index contributed by atoms with van der Waals surface area (Å²) in [5.41, 5.74) is 3.29. The van der Waals surface area contributed by atoms with Crippen LogP contribution in [0.1, 0.15) is 39.0 Å². The van der Waals surface area contributed by atoms with Gasteiger partial charge in [0.2, 0.25) is 0 Å². The van der Waals surface area contributed by atoms with Gasteiger partial charge in [0.15, 0.2) is 5.78 Å². The van der Waals surface area contributed by atoms with Gasteiger partial charge >= 0.3 is 5.97 Å². The number of carbonyl (C=O) groups excluding carboxylic acids is 2. The van der Waals surface area contributed by atoms with Gasteiger partial charge in [-0.15, -0.1) is 0 Å². The van der Waals surface area contributed by atoms with E-state index in [9.17, 15) is 9.59 Å². The zero-order valence-corrected chi connectivity index (χ0v) is 17.3. The molecule has 1 aliphatic heterocycles. The highest BCUT2D eigenvalue weighted by Crippen LogP contribution is 2.23. The first-order valence-corrected chi connectivity index (χ1v) is 9.90. The maximum Gasteiger partial charge on any atom is 0.340 e. The van der Waals surface area contributed by atoms with Crippen molar-refractivity contribution in [1.82, 2.24) is 9.88 Å². The molecule has 28 heavy (non-hydrogen) atoms. The molecule has 0 amide bonds. The minimum absolute atomic E-state index is 0.0545. The van der Waals surface area contributed by atoms with E-state index in [0.29, 0.717) is 22.5 Å². The molecular formula is C21H26ClN3O3. The highest BCUT2D eigenvalue weighted by molar-refractivity contribution is 6.30. The van der Waals surface area contributed by atoms with E-state index in [1.165, 1.54) is 0 Å². The molecular weight excluding hydrogens is 378 g/mol. The number of aryl methyl sites for hydroxylation is 2. The Morgan fingerprint density at radius 3 is 2.43 bits per heavy atom. The van der Waals surface area contributed by atoms with Crippen molar-refractivity contribution < 1.29 is 14.3 Å². The fourth-order valence-corrected chi connectivity index (χ4v) is 3.89. The molecule has 0 aliphatic carbocycles. The number of carbonyl (C=O) groups is 2. The minimum Gasteiger partial charge on any atom is -0.462 e. The fraction of sp³-hybridized carbons (Fsp3) is 0.429. The summed E-state index contributed by atoms with van der Waals surface area (Å²) in [4.78, 5) is 32.8. The van der Waals surface area contributed by atoms with Gasteiger partial charge < -0.3 is 14.6 Å². The van der Waals surface area contributed by atoms with Crippen molar-refractivity contribution >= 4 is 29.0 Å². The molecule has 1 aromatic carbocycles. The number of nitrogens with zero attached hydrogens (tertiary/aromatic N) is 2. The third kappa shape index (κ3) is 4.39. The van der Waals surface area contributed by atoms with Crippen molar-refractivity contribution in [3.05, 3.63) is 51.8 Å². The lowest BCUT2D eigenvalue weighted by Crippen LogP contribution is -2.48. The van der Waals surface area contributed by atoms with Crippen molar-refractivity contribution in [2.24, 2.45) is 0 Å². The zero-order valence-electron chi connectivity index (χ0n) is 16.5. The standard InChI is InChI=1S/C21H26ClN3O3/c1-4-28-21(27)20-15(3)23-14(2)19(20)18(26)13-24-8-10-25(11-9-24)17-7-5-6-16(22)12-17/h5-7,12,23H,4,8-11,13H2,1-3H3. The Bertz CT molecular complexity index is 870. The van der Waals surface area contributed by atoms with E-state index in [0.717, 1.165) is 36.9 Å². The van der Waals surface area contributed by atoms with Gasteiger partial charge in [-0.2, -0.15) is 0 Å². The van der Waals surface area contributed by atoms with E-state index in [1.807, 2.05) is 31.2 Å². The van der Waals surface area contributed by atoms with Crippen LogP contribution in [-0.4, -0.2) is 61.0 Å². The van der Waals surface area contributed by atoms with E-state index in [2.05, 4.69) is 14.8 Å². The molecule has 1 aliphatic rings. The second-order valence-electron chi connectivity index (χ2n) is 7.01. The summed E-state index contributed by atoms with van der Waals surface area (Å²) in [5.74, 6) is -0.500. The molecule has 0 atom stereocenters. The molecule has 1 N–H and O–H groups in total. The van der Waals surface area contributed by atoms with Crippen LogP contribution in [0.2, 0.25) is 5.02 Å². The number of Topliss-reactive ketones (excluding diaryl/α,β-unsaturated/α-hetero) is 1. The first-order valence-electron chi connectivity index (χ1n) is 9.53. The number of esters is 1. The summed E-state index contributed by atoms with van der Waals surface area (Å²) in [7, 11) is 0. The van der Waals surface area contributed by atoms with Gasteiger partial charge in [0, 0.05) is 48.3 Å². The quantitative estimate of drug-likeness (QED) is 0.591. The monoisotopic (exact) mass is 403 g/mol. The normalized spacial score (nSPS) is 14.9. The zero-order chi connectivity index (χ0) is 20.3. The number of H-pyrrole nitrogens is 1. The number of nitrogens with one attached hydrogen (secondary N) is 1. The largest absolute Gasteiger partial charge is 0.462 e. The number of anilines is 1. The summed E-state index contributed by atoms with van der Waals surface area (Å²) in [5, 5.41) is 0.722. The topological polar surface area (TPSA) is 65.6 Å². The van der Waals surface area contributed by atoms with Crippen molar-refractivity contribution in [2.75, 3.05) is 44.2 Å². The molecule has 1 aromatic heterocycles. The maximum atomic E-state index is 13.0. The van der Waals surface area contributed by atoms with Crippen LogP contribution in [0.15, 0.2) is 24.3 Å². The van der Waals surface area contributed by atoms with Gasteiger partial charge in [-0.25, -0.2) is 4.79 Å². The van der Waals surface area contributed by atoms with Gasteiger partial charge in [-0.05, 0) is 39.0 Å². The highest BCUT2D eigenvalue weighted by atomic mass is 35.5. The lowest BCUT2D eigenvalue weighted by atomic mass is 10.0. The second-order valence-corrected chi connectivity index (χ2v) is 7.45. The van der Waals surface area contributed by atoms with Crippen LogP contribution in [-0.2, 0) is 4.74 Å². The van der Waals surface area contributed by atoms with Crippen LogP contribution in [0.3, 0.4) is 0 Å². The van der Waals surface area contributed by atoms with Crippen LogP contribution in [0.25, 0.3) is 0 Å². The molecule has 0 bridgehead atoms. The van der Waals surface area contributed by atoms with Gasteiger partial charge in [-0.3, -0.25) is 9.69 Å². The third-order valence-electron chi connectivity index (χ3n) is 5.05. The van der Waals surface area contributed by atoms with Gasteiger partial charge in [0.25, 0.3) is 0 Å². The van der Waals surface area contributed by atoms with Crippen LogP contribution in [0.5, 0.6) is 0 Å². The summed E-state index contributed by atoms with van der Waals surface area (Å²) >= 11 is 6.09. The average Bonchev–Trinajstić information content (AvgIpc) is 2.96. The SMILES string of the molecule is CCOC(=O)c1c(C)[nH]c(C)c1C(=O)CN1CCN(c2cccc(Cl)c2)CC1. The Balaban J connectivity index is 1.66. The molecule has 150 valence electrons. The number of ketones is 1. The average molecular weight is 404 g/mol. The summed E-state index contributed by atoms with van der Waals surface area (Å²) in [6.45, 7) is 9.13. The molecule has 0 saturated carbocycles. The van der Waals surface area contributed by atoms with Crippen LogP contribution >= 0.6 is 11.6 Å². The number of piperazine rings is 1. The first kappa shape index (κ1) is 20.4. The molecule has 0 radical (unpaired) electrons. The van der Waals surface area contributed by atoms with E-state index >= 15 is 0 Å². The molecule has 6 nitrogen and oxygen atoms in total. The summed E-state index contributed by atoms with van der Waals surface area (Å²) in [6.07, 6.45) is 0. The van der Waals surface area contributed by atoms with E-state index in [4.69, 9.17) is 16.3 Å². The molecule has 2 aromatic rings. The lowest BCUT2D eigenvalue weighted by Gasteiger charge is -2.35. The van der Waals surface area contributed by atoms with Gasteiger partial charge in [0.05, 0.1) is 24.3 Å². The number of benzene rings is 1. The van der Waals surface area contributed by atoms with Gasteiger partial charge in [0.1, 0.15) is 0 Å². The number of hydrogen-bond donors (Lipinski definition) is 1. The fourth-order valence-electron chi connectivity index (χ4n) is 3.71. The van der Waals surface area contributed by atoms with Crippen LogP contribution in [0.4, 0.5) is 5.69 Å². The predicted octanol–water partition coefficient (Wildman–Crippen LogP) is 3.47. The smallest absolute Gasteiger partial charge is 0.340 e. The van der Waals surface area contributed by atoms with Crippen molar-refractivity contribution in [3.63, 3.8) is 0 Å². The van der Waals surface area contributed by atoms with Crippen LogP contribution in [0, 0.1) is 13.8 Å². The van der Waals surface area contributed by atoms with Crippen molar-refractivity contribution in [1.29, 1.82) is 0 Å². The summed E-state index contributed by atoms with van der Waals surface area (Å²) in [6, 6.07) is 7.81. The Hall–Kier alpha value is -2.31. The van der Waals surface area contributed by atoms with E-state index in [1.54, 1.807) is 13.8 Å². The molecule has 7 heteroatoms. The molecule has 0 unspecified atom stereocenters. The number of aromatic amines is 1. The van der Waals surface area contributed by atoms with Gasteiger partial charge in [-0.1, -0.05) is 17.7 Å². The molecule has 2 heterocycles. The Morgan fingerprint density at radius 1 is 1.11 bits per heavy atom. The van der Waals surface area contributed by atoms with E-state index < -0.39 is 5.97 Å². The minimum atomic E-state index is -0.446. The number of rotatable bonds is 6. The van der Waals surface area contributed by atoms with Crippen molar-refractivity contribution in [3.8, 4) is 0 Å². The number of ether oxygens (including phenoxy) is 1. The Kier molecular flexibility index (Phi) is 6.42. The number of aromatic nitrogens is 1. The predicted molar refractivity (Wildman–Crippen MR) is 111 cm³/mol. The number of hydrogen-bond acceptors (Lipinski definition) is 5. The van der Waals surface area contributed by atoms with E-state index in [-0.39, 0.29) is 18.9 Å². The molecule has 1 fully saturated rings. The molecule has 3 rings (SSSR count). The third-order valence-corrected chi connectivity index (χ3v) is 5.28. The van der Waals surface area contributed by atoms with Crippen molar-refractivity contribution in [2.45, 2.75) is 20.8 Å². The highest BCUT2D eigenvalue weighted by Gasteiger charge is 2.27. The molecule has 1 saturated heterocycles. The second kappa shape index (κ2) is 8.80. The van der Waals surface area contributed by atoms with Crippen LogP contribution < -0.4 is 4.90 Å². The maximum absolute atomic E-state index is 13.0. The lowest BCUT2D eigenvalue weighted by molar-refractivity contribution is 0.0522. The number of halogens is 1. The Morgan fingerprint density at radius 2 is 1.79 bits per heavy atom. The Labute approximate surface area is 170 Å². The summed E-state index contributed by atoms with van der Waals surface area (Å²) < 4.78 is 5.13. The molecule has 0 spiro atoms. The first-order chi connectivity index (χ1) is 13.4.